The summed E-state index contributed by atoms with van der Waals surface area (Å²) < 4.78 is 0. The second-order valence-electron chi connectivity index (χ2n) is 4.68. The standard InChI is InChI=1S/C12H16N4O2S/c1-14-6-8-15(9-7-14)12(19)13-10-2-4-11(5-3-10)16(17)18/h2-5H,6-9H2,1H3,(H,13,19)/p+1. The number of quaternary nitrogens is 1. The molecular formula is C12H17N4O2S+. The molecule has 1 saturated heterocycles. The van der Waals surface area contributed by atoms with Gasteiger partial charge in [-0.1, -0.05) is 0 Å². The number of nitrogens with zero attached hydrogens (tertiary/aromatic N) is 2. The van der Waals surface area contributed by atoms with Crippen molar-refractivity contribution < 1.29 is 9.82 Å². The van der Waals surface area contributed by atoms with Gasteiger partial charge in [0.05, 0.1) is 38.2 Å². The van der Waals surface area contributed by atoms with E-state index in [9.17, 15) is 10.1 Å². The van der Waals surface area contributed by atoms with E-state index in [1.54, 1.807) is 12.1 Å². The largest absolute Gasteiger partial charge is 0.338 e. The van der Waals surface area contributed by atoms with Crippen LogP contribution in [0.1, 0.15) is 0 Å². The van der Waals surface area contributed by atoms with E-state index in [1.807, 2.05) is 0 Å². The first-order valence-corrected chi connectivity index (χ1v) is 6.59. The van der Waals surface area contributed by atoms with Crippen molar-refractivity contribution in [2.24, 2.45) is 0 Å². The highest BCUT2D eigenvalue weighted by molar-refractivity contribution is 7.80. The average Bonchev–Trinajstić information content (AvgIpc) is 2.40. The molecule has 1 aliphatic rings. The molecule has 1 aromatic rings. The minimum atomic E-state index is -0.411. The van der Waals surface area contributed by atoms with E-state index in [4.69, 9.17) is 12.2 Å². The van der Waals surface area contributed by atoms with Gasteiger partial charge in [-0.05, 0) is 24.4 Å². The smallest absolute Gasteiger partial charge is 0.269 e. The van der Waals surface area contributed by atoms with Crippen molar-refractivity contribution in [1.29, 1.82) is 0 Å². The van der Waals surface area contributed by atoms with Crippen molar-refractivity contribution in [1.82, 2.24) is 4.90 Å². The second kappa shape index (κ2) is 5.94. The number of likely N-dealkylation sites (N-methyl/N-ethyl adjacent to an activating group) is 1. The fraction of sp³-hybridized carbons (Fsp3) is 0.417. The Morgan fingerprint density at radius 2 is 1.95 bits per heavy atom. The third kappa shape index (κ3) is 3.62. The van der Waals surface area contributed by atoms with Crippen LogP contribution >= 0.6 is 12.2 Å². The van der Waals surface area contributed by atoms with Crippen LogP contribution in [0.15, 0.2) is 24.3 Å². The van der Waals surface area contributed by atoms with Gasteiger partial charge in [-0.3, -0.25) is 10.1 Å². The Bertz CT molecular complexity index is 469. The zero-order valence-corrected chi connectivity index (χ0v) is 11.6. The molecule has 102 valence electrons. The molecule has 0 bridgehead atoms. The molecule has 7 heteroatoms. The molecule has 0 amide bonds. The SMILES string of the molecule is C[NH+]1CCN(C(=S)Nc2ccc([N+](=O)[O-])cc2)CC1. The van der Waals surface area contributed by atoms with Gasteiger partial charge in [0.2, 0.25) is 0 Å². The molecule has 19 heavy (non-hydrogen) atoms. The van der Waals surface area contributed by atoms with Crippen molar-refractivity contribution in [3.05, 3.63) is 34.4 Å². The summed E-state index contributed by atoms with van der Waals surface area (Å²) in [6.07, 6.45) is 0. The number of hydrogen-bond donors (Lipinski definition) is 2. The van der Waals surface area contributed by atoms with Gasteiger partial charge in [-0.2, -0.15) is 0 Å². The van der Waals surface area contributed by atoms with E-state index in [0.717, 1.165) is 31.9 Å². The van der Waals surface area contributed by atoms with E-state index in [-0.39, 0.29) is 5.69 Å². The Kier molecular flexibility index (Phi) is 4.28. The third-order valence-electron chi connectivity index (χ3n) is 3.23. The number of non-ortho nitro benzene ring substituents is 1. The van der Waals surface area contributed by atoms with Gasteiger partial charge >= 0.3 is 0 Å². The lowest BCUT2D eigenvalue weighted by Gasteiger charge is -2.32. The van der Waals surface area contributed by atoms with E-state index >= 15 is 0 Å². The Morgan fingerprint density at radius 1 is 1.37 bits per heavy atom. The first kappa shape index (κ1) is 13.7. The van der Waals surface area contributed by atoms with E-state index in [0.29, 0.717) is 5.11 Å². The van der Waals surface area contributed by atoms with E-state index in [2.05, 4.69) is 17.3 Å². The van der Waals surface area contributed by atoms with Crippen molar-refractivity contribution in [2.75, 3.05) is 38.5 Å². The summed E-state index contributed by atoms with van der Waals surface area (Å²) in [5, 5.41) is 14.4. The summed E-state index contributed by atoms with van der Waals surface area (Å²) in [4.78, 5) is 13.8. The first-order chi connectivity index (χ1) is 9.06. The average molecular weight is 281 g/mol. The fourth-order valence-electron chi connectivity index (χ4n) is 1.96. The number of anilines is 1. The predicted molar refractivity (Wildman–Crippen MR) is 77.5 cm³/mol. The van der Waals surface area contributed by atoms with Crippen molar-refractivity contribution in [3.63, 3.8) is 0 Å². The number of rotatable bonds is 2. The van der Waals surface area contributed by atoms with Gasteiger partial charge < -0.3 is 15.1 Å². The van der Waals surface area contributed by atoms with Crippen LogP contribution < -0.4 is 10.2 Å². The molecular weight excluding hydrogens is 264 g/mol. The van der Waals surface area contributed by atoms with Gasteiger partial charge in [0, 0.05) is 17.8 Å². The van der Waals surface area contributed by atoms with Crippen LogP contribution in [-0.2, 0) is 0 Å². The number of nitro benzene ring substituents is 1. The summed E-state index contributed by atoms with van der Waals surface area (Å²) in [6, 6.07) is 6.29. The van der Waals surface area contributed by atoms with E-state index < -0.39 is 4.92 Å². The lowest BCUT2D eigenvalue weighted by atomic mass is 10.3. The number of thiocarbonyl (C=S) groups is 1. The maximum absolute atomic E-state index is 10.6. The Balaban J connectivity index is 1.93. The van der Waals surface area contributed by atoms with Crippen molar-refractivity contribution >= 4 is 28.7 Å². The van der Waals surface area contributed by atoms with Crippen LogP contribution in [0, 0.1) is 10.1 Å². The lowest BCUT2D eigenvalue weighted by molar-refractivity contribution is -0.883. The van der Waals surface area contributed by atoms with Gasteiger partial charge in [0.1, 0.15) is 0 Å². The molecule has 2 N–H and O–H groups in total. The first-order valence-electron chi connectivity index (χ1n) is 6.18. The van der Waals surface area contributed by atoms with Crippen LogP contribution in [0.5, 0.6) is 0 Å². The second-order valence-corrected chi connectivity index (χ2v) is 5.06. The lowest BCUT2D eigenvalue weighted by Crippen LogP contribution is -3.12. The molecule has 0 saturated carbocycles. The fourth-order valence-corrected chi connectivity index (χ4v) is 2.26. The minimum Gasteiger partial charge on any atom is -0.338 e. The number of nitrogens with one attached hydrogen (secondary N) is 2. The Hall–Kier alpha value is -1.73. The molecule has 2 rings (SSSR count). The van der Waals surface area contributed by atoms with Crippen LogP contribution in [0.2, 0.25) is 0 Å². The quantitative estimate of drug-likeness (QED) is 0.458. The zero-order valence-electron chi connectivity index (χ0n) is 10.8. The minimum absolute atomic E-state index is 0.0830. The molecule has 1 aliphatic heterocycles. The highest BCUT2D eigenvalue weighted by atomic mass is 32.1. The molecule has 0 radical (unpaired) electrons. The van der Waals surface area contributed by atoms with E-state index in [1.165, 1.54) is 17.0 Å². The molecule has 0 spiro atoms. The number of nitro groups is 1. The monoisotopic (exact) mass is 281 g/mol. The normalized spacial score (nSPS) is 16.2. The van der Waals surface area contributed by atoms with Crippen molar-refractivity contribution in [2.45, 2.75) is 0 Å². The summed E-state index contributed by atoms with van der Waals surface area (Å²) in [6.45, 7) is 4.01. The summed E-state index contributed by atoms with van der Waals surface area (Å²) in [5.41, 5.74) is 0.863. The molecule has 1 heterocycles. The van der Waals surface area contributed by atoms with Gasteiger partial charge in [-0.15, -0.1) is 0 Å². The molecule has 0 atom stereocenters. The molecule has 6 nitrogen and oxygen atoms in total. The molecule has 1 fully saturated rings. The third-order valence-corrected chi connectivity index (χ3v) is 3.59. The number of benzene rings is 1. The predicted octanol–water partition coefficient (Wildman–Crippen LogP) is 0.122. The van der Waals surface area contributed by atoms with Gasteiger partial charge in [0.15, 0.2) is 5.11 Å². The van der Waals surface area contributed by atoms with Gasteiger partial charge in [-0.25, -0.2) is 0 Å². The van der Waals surface area contributed by atoms with Gasteiger partial charge in [0.25, 0.3) is 5.69 Å². The summed E-state index contributed by atoms with van der Waals surface area (Å²) in [5.74, 6) is 0. The van der Waals surface area contributed by atoms with Crippen LogP contribution in [-0.4, -0.2) is 48.2 Å². The zero-order chi connectivity index (χ0) is 13.8. The maximum Gasteiger partial charge on any atom is 0.269 e. The molecule has 0 aliphatic carbocycles. The topological polar surface area (TPSA) is 62.8 Å². The van der Waals surface area contributed by atoms with Crippen LogP contribution in [0.25, 0.3) is 0 Å². The summed E-state index contributed by atoms with van der Waals surface area (Å²) >= 11 is 5.35. The Morgan fingerprint density at radius 3 is 2.47 bits per heavy atom. The highest BCUT2D eigenvalue weighted by Gasteiger charge is 2.18. The van der Waals surface area contributed by atoms with Crippen LogP contribution in [0.3, 0.4) is 0 Å². The molecule has 1 aromatic carbocycles. The number of hydrogen-bond acceptors (Lipinski definition) is 3. The Labute approximate surface area is 117 Å². The maximum atomic E-state index is 10.6. The summed E-state index contributed by atoms with van der Waals surface area (Å²) in [7, 11) is 2.17. The number of piperazine rings is 1. The molecule has 0 aromatic heterocycles. The van der Waals surface area contributed by atoms with Crippen LogP contribution in [0.4, 0.5) is 11.4 Å². The highest BCUT2D eigenvalue weighted by Crippen LogP contribution is 2.15. The van der Waals surface area contributed by atoms with Crippen molar-refractivity contribution in [3.8, 4) is 0 Å². The molecule has 0 unspecified atom stereocenters.